The standard InChI is InChI=1S/C18H17Cl2N3O3S/c1-26-18-5-3-13(11-15(18)20)27(24,25)23-9-8-22-16-6-7-21-17-10-12(19)2-4-14(16)17/h2-7,10-11,23H,8-9H2,1H3,(H,21,22). The van der Waals surface area contributed by atoms with E-state index in [0.717, 1.165) is 16.6 Å². The van der Waals surface area contributed by atoms with Crippen molar-refractivity contribution in [3.8, 4) is 5.75 Å². The van der Waals surface area contributed by atoms with Crippen LogP contribution in [0.5, 0.6) is 5.75 Å². The van der Waals surface area contributed by atoms with Crippen molar-refractivity contribution >= 4 is 49.8 Å². The van der Waals surface area contributed by atoms with Crippen molar-refractivity contribution in [2.45, 2.75) is 4.90 Å². The van der Waals surface area contributed by atoms with E-state index in [9.17, 15) is 8.42 Å². The SMILES string of the molecule is COc1ccc(S(=O)(=O)NCCNc2ccnc3cc(Cl)ccc23)cc1Cl. The first-order valence-electron chi connectivity index (χ1n) is 8.02. The fourth-order valence-corrected chi connectivity index (χ4v) is 4.10. The molecular weight excluding hydrogens is 409 g/mol. The number of benzene rings is 2. The van der Waals surface area contributed by atoms with Gasteiger partial charge in [0.05, 0.1) is 22.5 Å². The molecule has 0 spiro atoms. The Hall–Kier alpha value is -2.06. The number of nitrogens with one attached hydrogen (secondary N) is 2. The summed E-state index contributed by atoms with van der Waals surface area (Å²) in [7, 11) is -2.20. The molecular formula is C18H17Cl2N3O3S. The van der Waals surface area contributed by atoms with E-state index in [1.807, 2.05) is 12.1 Å². The summed E-state index contributed by atoms with van der Waals surface area (Å²) in [6.45, 7) is 0.592. The van der Waals surface area contributed by atoms with Crippen LogP contribution in [-0.4, -0.2) is 33.6 Å². The molecule has 9 heteroatoms. The molecule has 3 rings (SSSR count). The highest BCUT2D eigenvalue weighted by Gasteiger charge is 2.15. The van der Waals surface area contributed by atoms with Gasteiger partial charge in [0, 0.05) is 35.4 Å². The van der Waals surface area contributed by atoms with Crippen LogP contribution in [0.15, 0.2) is 53.6 Å². The smallest absolute Gasteiger partial charge is 0.240 e. The number of ether oxygens (including phenoxy) is 1. The quantitative estimate of drug-likeness (QED) is 0.560. The van der Waals surface area contributed by atoms with Gasteiger partial charge in [0.1, 0.15) is 5.75 Å². The number of halogens is 2. The average molecular weight is 426 g/mol. The molecule has 0 saturated heterocycles. The summed E-state index contributed by atoms with van der Waals surface area (Å²) in [6.07, 6.45) is 1.67. The molecule has 27 heavy (non-hydrogen) atoms. The van der Waals surface area contributed by atoms with E-state index < -0.39 is 10.0 Å². The van der Waals surface area contributed by atoms with Gasteiger partial charge in [-0.1, -0.05) is 23.2 Å². The number of methoxy groups -OCH3 is 1. The molecule has 0 amide bonds. The Morgan fingerprint density at radius 1 is 1.07 bits per heavy atom. The molecule has 0 atom stereocenters. The van der Waals surface area contributed by atoms with Crippen LogP contribution in [0, 0.1) is 0 Å². The topological polar surface area (TPSA) is 80.3 Å². The summed E-state index contributed by atoms with van der Waals surface area (Å²) in [6, 6.07) is 11.6. The van der Waals surface area contributed by atoms with Crippen LogP contribution in [0.2, 0.25) is 10.0 Å². The normalized spacial score (nSPS) is 11.5. The van der Waals surface area contributed by atoms with Crippen LogP contribution in [0.1, 0.15) is 0 Å². The number of anilines is 1. The van der Waals surface area contributed by atoms with Crippen LogP contribution in [0.3, 0.4) is 0 Å². The van der Waals surface area contributed by atoms with Crippen molar-refractivity contribution in [1.29, 1.82) is 0 Å². The Kier molecular flexibility index (Phi) is 6.06. The second-order valence-corrected chi connectivity index (χ2v) is 8.25. The first-order valence-corrected chi connectivity index (χ1v) is 10.3. The minimum absolute atomic E-state index is 0.0808. The predicted molar refractivity (Wildman–Crippen MR) is 108 cm³/mol. The Balaban J connectivity index is 1.64. The molecule has 142 valence electrons. The minimum atomic E-state index is -3.67. The fourth-order valence-electron chi connectivity index (χ4n) is 2.56. The highest BCUT2D eigenvalue weighted by molar-refractivity contribution is 7.89. The number of nitrogens with zero attached hydrogens (tertiary/aromatic N) is 1. The van der Waals surface area contributed by atoms with E-state index in [-0.39, 0.29) is 16.5 Å². The van der Waals surface area contributed by atoms with E-state index >= 15 is 0 Å². The minimum Gasteiger partial charge on any atom is -0.495 e. The van der Waals surface area contributed by atoms with E-state index in [2.05, 4.69) is 15.0 Å². The van der Waals surface area contributed by atoms with Crippen LogP contribution < -0.4 is 14.8 Å². The van der Waals surface area contributed by atoms with Crippen LogP contribution >= 0.6 is 23.2 Å². The molecule has 0 aliphatic heterocycles. The van der Waals surface area contributed by atoms with Gasteiger partial charge in [0.25, 0.3) is 0 Å². The van der Waals surface area contributed by atoms with Crippen LogP contribution in [-0.2, 0) is 10.0 Å². The molecule has 0 aliphatic carbocycles. The molecule has 0 saturated carbocycles. The number of fused-ring (bicyclic) bond motifs is 1. The lowest BCUT2D eigenvalue weighted by Gasteiger charge is -2.11. The van der Waals surface area contributed by atoms with E-state index in [1.54, 1.807) is 18.3 Å². The maximum Gasteiger partial charge on any atom is 0.240 e. The molecule has 2 aromatic carbocycles. The fraction of sp³-hybridized carbons (Fsp3) is 0.167. The summed E-state index contributed by atoms with van der Waals surface area (Å²) < 4.78 is 32.3. The number of hydrogen-bond donors (Lipinski definition) is 2. The maximum absolute atomic E-state index is 12.4. The van der Waals surface area contributed by atoms with E-state index in [4.69, 9.17) is 27.9 Å². The molecule has 6 nitrogen and oxygen atoms in total. The Labute approximate surface area is 167 Å². The van der Waals surface area contributed by atoms with Crippen molar-refractivity contribution in [3.63, 3.8) is 0 Å². The van der Waals surface area contributed by atoms with Gasteiger partial charge in [0.15, 0.2) is 0 Å². The Morgan fingerprint density at radius 3 is 2.63 bits per heavy atom. The Bertz CT molecular complexity index is 1070. The zero-order valence-electron chi connectivity index (χ0n) is 14.4. The van der Waals surface area contributed by atoms with Crippen molar-refractivity contribution in [1.82, 2.24) is 9.71 Å². The number of hydrogen-bond acceptors (Lipinski definition) is 5. The van der Waals surface area contributed by atoms with E-state index in [0.29, 0.717) is 17.3 Å². The van der Waals surface area contributed by atoms with Gasteiger partial charge in [-0.15, -0.1) is 0 Å². The number of pyridine rings is 1. The number of aromatic nitrogens is 1. The van der Waals surface area contributed by atoms with Crippen molar-refractivity contribution in [2.24, 2.45) is 0 Å². The van der Waals surface area contributed by atoms with Gasteiger partial charge >= 0.3 is 0 Å². The molecule has 0 radical (unpaired) electrons. The van der Waals surface area contributed by atoms with Gasteiger partial charge in [0.2, 0.25) is 10.0 Å². The van der Waals surface area contributed by atoms with Gasteiger partial charge in [-0.2, -0.15) is 0 Å². The number of sulfonamides is 1. The molecule has 0 fully saturated rings. The monoisotopic (exact) mass is 425 g/mol. The van der Waals surface area contributed by atoms with Crippen molar-refractivity contribution in [3.05, 3.63) is 58.7 Å². The summed E-state index contributed by atoms with van der Waals surface area (Å²) in [5.41, 5.74) is 1.62. The third-order valence-corrected chi connectivity index (χ3v) is 5.86. The summed E-state index contributed by atoms with van der Waals surface area (Å²) in [5, 5.41) is 4.96. The lowest BCUT2D eigenvalue weighted by Crippen LogP contribution is -2.29. The van der Waals surface area contributed by atoms with Gasteiger partial charge in [-0.25, -0.2) is 13.1 Å². The average Bonchev–Trinajstić information content (AvgIpc) is 2.65. The molecule has 1 aromatic heterocycles. The largest absolute Gasteiger partial charge is 0.495 e. The summed E-state index contributed by atoms with van der Waals surface area (Å²) in [4.78, 5) is 4.35. The van der Waals surface area contributed by atoms with Gasteiger partial charge in [-0.05, 0) is 42.5 Å². The van der Waals surface area contributed by atoms with Crippen LogP contribution in [0.4, 0.5) is 5.69 Å². The van der Waals surface area contributed by atoms with Crippen molar-refractivity contribution < 1.29 is 13.2 Å². The van der Waals surface area contributed by atoms with E-state index in [1.165, 1.54) is 25.3 Å². The molecule has 1 heterocycles. The molecule has 0 aliphatic rings. The first kappa shape index (κ1) is 19.7. The molecule has 0 bridgehead atoms. The molecule has 0 unspecified atom stereocenters. The summed E-state index contributed by atoms with van der Waals surface area (Å²) in [5.74, 6) is 0.418. The third-order valence-electron chi connectivity index (χ3n) is 3.87. The lowest BCUT2D eigenvalue weighted by molar-refractivity contribution is 0.414. The lowest BCUT2D eigenvalue weighted by atomic mass is 10.2. The first-order chi connectivity index (χ1) is 12.9. The van der Waals surface area contributed by atoms with Gasteiger partial charge < -0.3 is 10.1 Å². The van der Waals surface area contributed by atoms with Gasteiger partial charge in [-0.3, -0.25) is 4.98 Å². The molecule has 3 aromatic rings. The zero-order valence-corrected chi connectivity index (χ0v) is 16.7. The predicted octanol–water partition coefficient (Wildman–Crippen LogP) is 3.94. The highest BCUT2D eigenvalue weighted by Crippen LogP contribution is 2.27. The maximum atomic E-state index is 12.4. The highest BCUT2D eigenvalue weighted by atomic mass is 35.5. The summed E-state index contributed by atoms with van der Waals surface area (Å²) >= 11 is 12.0. The Morgan fingerprint density at radius 2 is 1.89 bits per heavy atom. The second kappa shape index (κ2) is 8.31. The third kappa shape index (κ3) is 4.62. The second-order valence-electron chi connectivity index (χ2n) is 5.64. The zero-order chi connectivity index (χ0) is 19.4. The van der Waals surface area contributed by atoms with Crippen LogP contribution in [0.25, 0.3) is 10.9 Å². The van der Waals surface area contributed by atoms with Crippen molar-refractivity contribution in [2.75, 3.05) is 25.5 Å². The number of rotatable bonds is 7. The molecule has 2 N–H and O–H groups in total.